The van der Waals surface area contributed by atoms with Crippen LogP contribution in [-0.4, -0.2) is 47.9 Å². The molecule has 0 saturated carbocycles. The molecule has 3 aromatic carbocycles. The van der Waals surface area contributed by atoms with Gasteiger partial charge in [0.15, 0.2) is 17.4 Å². The summed E-state index contributed by atoms with van der Waals surface area (Å²) in [6.45, 7) is 2.17. The number of aromatic nitrogens is 5. The SMILES string of the molecule is Oc1cc(CC(F)(F)F)c(-c2ccc3c(-c4nc5c([nH]4)CN(Cc4ccc(Oc6ccccc6)nc4)CC5)n[nH]c3c2)cc1F. The third-order valence-electron chi connectivity index (χ3n) is 7.74. The van der Waals surface area contributed by atoms with Gasteiger partial charge in [0, 0.05) is 43.7 Å². The van der Waals surface area contributed by atoms with Gasteiger partial charge in [-0.2, -0.15) is 18.3 Å². The lowest BCUT2D eigenvalue weighted by Crippen LogP contribution is -2.30. The van der Waals surface area contributed by atoms with Gasteiger partial charge in [0.2, 0.25) is 5.88 Å². The van der Waals surface area contributed by atoms with Crippen molar-refractivity contribution in [3.8, 4) is 40.0 Å². The van der Waals surface area contributed by atoms with Crippen molar-refractivity contribution < 1.29 is 27.4 Å². The Balaban J connectivity index is 1.08. The van der Waals surface area contributed by atoms with Gasteiger partial charge in [-0.15, -0.1) is 0 Å². The fourth-order valence-corrected chi connectivity index (χ4v) is 5.63. The van der Waals surface area contributed by atoms with Gasteiger partial charge in [0.25, 0.3) is 0 Å². The number of hydrogen-bond donors (Lipinski definition) is 3. The minimum absolute atomic E-state index is 0.0442. The molecule has 1 aliphatic heterocycles. The normalized spacial score (nSPS) is 13.7. The Morgan fingerprint density at radius 1 is 1.00 bits per heavy atom. The van der Waals surface area contributed by atoms with E-state index in [9.17, 15) is 22.7 Å². The number of rotatable bonds is 7. The second-order valence-corrected chi connectivity index (χ2v) is 11.0. The molecule has 45 heavy (non-hydrogen) atoms. The summed E-state index contributed by atoms with van der Waals surface area (Å²) in [6.07, 6.45) is -3.27. The molecule has 8 nitrogen and oxygen atoms in total. The van der Waals surface area contributed by atoms with Crippen LogP contribution in [0.15, 0.2) is 79.0 Å². The standard InChI is InChI=1S/C33H26F4N6O2/c34-25-14-24(21(13-29(25)44)15-33(35,36)37)20-7-8-23-27(12-20)41-42-31(23)32-39-26-10-11-43(18-28(26)40-32)17-19-6-9-30(38-16-19)45-22-4-2-1-3-5-22/h1-9,12-14,16,44H,10-11,15,17-18H2,(H,39,40)(H,41,42). The van der Waals surface area contributed by atoms with E-state index in [-0.39, 0.29) is 11.1 Å². The molecule has 4 heterocycles. The molecule has 12 heteroatoms. The smallest absolute Gasteiger partial charge is 0.393 e. The van der Waals surface area contributed by atoms with E-state index in [2.05, 4.69) is 25.1 Å². The number of nitrogens with one attached hydrogen (secondary N) is 2. The Labute approximate surface area is 254 Å². The maximum Gasteiger partial charge on any atom is 0.393 e. The molecule has 0 atom stereocenters. The quantitative estimate of drug-likeness (QED) is 0.163. The minimum Gasteiger partial charge on any atom is -0.505 e. The van der Waals surface area contributed by atoms with Crippen LogP contribution in [0.25, 0.3) is 33.5 Å². The Morgan fingerprint density at radius 2 is 1.84 bits per heavy atom. The molecule has 0 saturated heterocycles. The summed E-state index contributed by atoms with van der Waals surface area (Å²) in [5.41, 5.74) is 4.30. The van der Waals surface area contributed by atoms with E-state index in [1.54, 1.807) is 18.2 Å². The average molecular weight is 615 g/mol. The number of para-hydroxylation sites is 1. The lowest BCUT2D eigenvalue weighted by atomic mass is 9.96. The lowest BCUT2D eigenvalue weighted by Gasteiger charge is -2.25. The Hall–Kier alpha value is -5.23. The number of benzene rings is 3. The molecule has 228 valence electrons. The number of alkyl halides is 3. The van der Waals surface area contributed by atoms with Crippen molar-refractivity contribution in [2.24, 2.45) is 0 Å². The maximum absolute atomic E-state index is 14.2. The molecular formula is C33H26F4N6O2. The molecule has 0 amide bonds. The summed E-state index contributed by atoms with van der Waals surface area (Å²) < 4.78 is 59.6. The van der Waals surface area contributed by atoms with E-state index in [1.165, 1.54) is 0 Å². The van der Waals surface area contributed by atoms with E-state index in [0.29, 0.717) is 47.0 Å². The highest BCUT2D eigenvalue weighted by Gasteiger charge is 2.30. The van der Waals surface area contributed by atoms with Gasteiger partial charge in [0.05, 0.1) is 23.3 Å². The Bertz CT molecular complexity index is 1990. The van der Waals surface area contributed by atoms with Crippen molar-refractivity contribution in [3.05, 3.63) is 107 Å². The molecule has 0 radical (unpaired) electrons. The fraction of sp³-hybridized carbons (Fsp3) is 0.182. The molecule has 0 aliphatic carbocycles. The van der Waals surface area contributed by atoms with Crippen molar-refractivity contribution in [2.75, 3.05) is 6.54 Å². The van der Waals surface area contributed by atoms with Crippen LogP contribution in [0.2, 0.25) is 0 Å². The van der Waals surface area contributed by atoms with Gasteiger partial charge >= 0.3 is 6.18 Å². The van der Waals surface area contributed by atoms with Gasteiger partial charge in [-0.1, -0.05) is 30.3 Å². The summed E-state index contributed by atoms with van der Waals surface area (Å²) in [5, 5.41) is 17.8. The number of pyridine rings is 1. The van der Waals surface area contributed by atoms with E-state index in [0.717, 1.165) is 47.8 Å². The lowest BCUT2D eigenvalue weighted by molar-refractivity contribution is -0.127. The van der Waals surface area contributed by atoms with Gasteiger partial charge in [0.1, 0.15) is 11.4 Å². The predicted octanol–water partition coefficient (Wildman–Crippen LogP) is 7.32. The minimum atomic E-state index is -4.53. The zero-order valence-corrected chi connectivity index (χ0v) is 23.7. The largest absolute Gasteiger partial charge is 0.505 e. The third kappa shape index (κ3) is 6.09. The van der Waals surface area contributed by atoms with Crippen LogP contribution in [0, 0.1) is 5.82 Å². The highest BCUT2D eigenvalue weighted by Crippen LogP contribution is 2.36. The molecule has 0 unspecified atom stereocenters. The van der Waals surface area contributed by atoms with Crippen LogP contribution < -0.4 is 4.74 Å². The van der Waals surface area contributed by atoms with Gasteiger partial charge in [-0.25, -0.2) is 14.4 Å². The number of ether oxygens (including phenoxy) is 1. The van der Waals surface area contributed by atoms with Crippen LogP contribution >= 0.6 is 0 Å². The molecule has 0 bridgehead atoms. The van der Waals surface area contributed by atoms with Crippen molar-refractivity contribution in [1.29, 1.82) is 0 Å². The number of hydrogen-bond acceptors (Lipinski definition) is 6. The first-order chi connectivity index (χ1) is 21.7. The number of phenols is 1. The van der Waals surface area contributed by atoms with Gasteiger partial charge in [-0.3, -0.25) is 10.00 Å². The Morgan fingerprint density at radius 3 is 2.62 bits per heavy atom. The molecule has 7 rings (SSSR count). The summed E-state index contributed by atoms with van der Waals surface area (Å²) in [7, 11) is 0. The average Bonchev–Trinajstić information content (AvgIpc) is 3.63. The number of imidazole rings is 1. The molecule has 0 fully saturated rings. The molecule has 6 aromatic rings. The van der Waals surface area contributed by atoms with Gasteiger partial charge < -0.3 is 14.8 Å². The molecule has 3 N–H and O–H groups in total. The predicted molar refractivity (Wildman–Crippen MR) is 159 cm³/mol. The first-order valence-electron chi connectivity index (χ1n) is 14.2. The second kappa shape index (κ2) is 11.4. The van der Waals surface area contributed by atoms with E-state index in [1.807, 2.05) is 48.7 Å². The molecule has 0 spiro atoms. The van der Waals surface area contributed by atoms with Crippen LogP contribution in [0.3, 0.4) is 0 Å². The number of nitrogens with zero attached hydrogens (tertiary/aromatic N) is 4. The van der Waals surface area contributed by atoms with E-state index >= 15 is 0 Å². The van der Waals surface area contributed by atoms with Crippen LogP contribution in [0.4, 0.5) is 17.6 Å². The maximum atomic E-state index is 14.2. The second-order valence-electron chi connectivity index (χ2n) is 11.0. The van der Waals surface area contributed by atoms with E-state index in [4.69, 9.17) is 9.72 Å². The summed E-state index contributed by atoms with van der Waals surface area (Å²) in [5.74, 6) is 0.00947. The summed E-state index contributed by atoms with van der Waals surface area (Å²) in [6, 6.07) is 20.0. The summed E-state index contributed by atoms with van der Waals surface area (Å²) in [4.78, 5) is 14.9. The number of H-pyrrole nitrogens is 2. The Kier molecular flexibility index (Phi) is 7.20. The third-order valence-corrected chi connectivity index (χ3v) is 7.74. The number of fused-ring (bicyclic) bond motifs is 2. The van der Waals surface area contributed by atoms with Crippen LogP contribution in [-0.2, 0) is 25.9 Å². The summed E-state index contributed by atoms with van der Waals surface area (Å²) >= 11 is 0. The number of aromatic hydroxyl groups is 1. The number of halogens is 4. The van der Waals surface area contributed by atoms with Crippen LogP contribution in [0.1, 0.15) is 22.5 Å². The van der Waals surface area contributed by atoms with Gasteiger partial charge in [-0.05, 0) is 58.7 Å². The first-order valence-corrected chi connectivity index (χ1v) is 14.2. The highest BCUT2D eigenvalue weighted by atomic mass is 19.4. The molecular weight excluding hydrogens is 588 g/mol. The van der Waals surface area contributed by atoms with Crippen molar-refractivity contribution in [2.45, 2.75) is 32.1 Å². The van der Waals surface area contributed by atoms with E-state index < -0.39 is 24.2 Å². The van der Waals surface area contributed by atoms with Crippen molar-refractivity contribution in [1.82, 2.24) is 30.0 Å². The van der Waals surface area contributed by atoms with Crippen LogP contribution in [0.5, 0.6) is 17.4 Å². The first kappa shape index (κ1) is 28.5. The zero-order chi connectivity index (χ0) is 31.1. The number of aromatic amines is 2. The highest BCUT2D eigenvalue weighted by molar-refractivity contribution is 5.94. The zero-order valence-electron chi connectivity index (χ0n) is 23.7. The van der Waals surface area contributed by atoms with Crippen molar-refractivity contribution >= 4 is 10.9 Å². The fourth-order valence-electron chi connectivity index (χ4n) is 5.63. The monoisotopic (exact) mass is 614 g/mol. The molecule has 3 aromatic heterocycles. The molecule has 1 aliphatic rings. The number of phenolic OH excluding ortho intramolecular Hbond substituents is 1. The van der Waals surface area contributed by atoms with Crippen molar-refractivity contribution in [3.63, 3.8) is 0 Å². The topological polar surface area (TPSA) is 103 Å².